The Morgan fingerprint density at radius 2 is 2.12 bits per heavy atom. The lowest BCUT2D eigenvalue weighted by atomic mass is 9.89. The van der Waals surface area contributed by atoms with Gasteiger partial charge in [0.25, 0.3) is 0 Å². The molecule has 3 heteroatoms. The van der Waals surface area contributed by atoms with Crippen molar-refractivity contribution < 1.29 is 9.53 Å². The van der Waals surface area contributed by atoms with E-state index in [1.807, 2.05) is 13.0 Å². The predicted molar refractivity (Wildman–Crippen MR) is 68.1 cm³/mol. The highest BCUT2D eigenvalue weighted by molar-refractivity contribution is 5.96. The van der Waals surface area contributed by atoms with Gasteiger partial charge in [-0.1, -0.05) is 13.0 Å². The van der Waals surface area contributed by atoms with Crippen molar-refractivity contribution in [1.82, 2.24) is 0 Å². The number of carbonyl (C=O) groups excluding carboxylic acids is 1. The highest BCUT2D eigenvalue weighted by Crippen LogP contribution is 2.29. The van der Waals surface area contributed by atoms with Crippen LogP contribution in [0.3, 0.4) is 0 Å². The predicted octanol–water partition coefficient (Wildman–Crippen LogP) is 2.71. The first-order valence-corrected chi connectivity index (χ1v) is 6.31. The Morgan fingerprint density at radius 3 is 2.88 bits per heavy atom. The van der Waals surface area contributed by atoms with Crippen LogP contribution in [0.1, 0.15) is 47.7 Å². The Hall–Kier alpha value is -1.51. The third kappa shape index (κ3) is 2.43. The fraction of sp³-hybridized carbons (Fsp3) is 0.500. The first-order chi connectivity index (χ1) is 8.24. The molecule has 0 fully saturated rings. The molecule has 0 heterocycles. The van der Waals surface area contributed by atoms with E-state index < -0.39 is 0 Å². The summed E-state index contributed by atoms with van der Waals surface area (Å²) in [4.78, 5) is 11.8. The van der Waals surface area contributed by atoms with Crippen molar-refractivity contribution in [2.45, 2.75) is 39.0 Å². The monoisotopic (exact) mass is 233 g/mol. The largest absolute Gasteiger partial charge is 0.462 e. The zero-order chi connectivity index (χ0) is 12.3. The smallest absolute Gasteiger partial charge is 0.340 e. The lowest BCUT2D eigenvalue weighted by Gasteiger charge is -2.19. The van der Waals surface area contributed by atoms with Crippen molar-refractivity contribution in [2.24, 2.45) is 0 Å². The summed E-state index contributed by atoms with van der Waals surface area (Å²) in [7, 11) is 0. The molecule has 2 N–H and O–H groups in total. The van der Waals surface area contributed by atoms with Crippen LogP contribution in [-0.2, 0) is 17.6 Å². The average molecular weight is 233 g/mol. The molecule has 1 aromatic rings. The first-order valence-electron chi connectivity index (χ1n) is 6.31. The van der Waals surface area contributed by atoms with Gasteiger partial charge >= 0.3 is 5.97 Å². The van der Waals surface area contributed by atoms with Gasteiger partial charge in [0.15, 0.2) is 0 Å². The maximum absolute atomic E-state index is 11.8. The Bertz CT molecular complexity index is 426. The Balaban J connectivity index is 2.26. The van der Waals surface area contributed by atoms with Gasteiger partial charge in [-0.2, -0.15) is 0 Å². The van der Waals surface area contributed by atoms with Gasteiger partial charge in [-0.05, 0) is 49.3 Å². The molecule has 0 saturated heterocycles. The maximum atomic E-state index is 11.8. The molecule has 1 aliphatic rings. The third-order valence-corrected chi connectivity index (χ3v) is 3.23. The van der Waals surface area contributed by atoms with Gasteiger partial charge in [0, 0.05) is 5.69 Å². The highest BCUT2D eigenvalue weighted by Gasteiger charge is 2.18. The summed E-state index contributed by atoms with van der Waals surface area (Å²) in [6.45, 7) is 2.43. The lowest BCUT2D eigenvalue weighted by molar-refractivity contribution is 0.0506. The van der Waals surface area contributed by atoms with Crippen LogP contribution in [-0.4, -0.2) is 12.6 Å². The normalized spacial score (nSPS) is 14.2. The van der Waals surface area contributed by atoms with E-state index in [2.05, 4.69) is 0 Å². The standard InChI is InChI=1S/C14H19NO2/c1-2-9-17-14(16)12-8-7-10-5-3-4-6-11(10)13(12)15/h7-8H,2-6,9,15H2,1H3. The molecule has 2 rings (SSSR count). The number of benzene rings is 1. The van der Waals surface area contributed by atoms with Crippen molar-refractivity contribution in [3.8, 4) is 0 Å². The number of hydrogen-bond acceptors (Lipinski definition) is 3. The van der Waals surface area contributed by atoms with Crippen LogP contribution in [0.25, 0.3) is 0 Å². The van der Waals surface area contributed by atoms with Crippen molar-refractivity contribution >= 4 is 11.7 Å². The van der Waals surface area contributed by atoms with Crippen molar-refractivity contribution in [1.29, 1.82) is 0 Å². The second-order valence-electron chi connectivity index (χ2n) is 4.51. The Morgan fingerprint density at radius 1 is 1.35 bits per heavy atom. The van der Waals surface area contributed by atoms with Crippen LogP contribution in [0.5, 0.6) is 0 Å². The van der Waals surface area contributed by atoms with Gasteiger partial charge in [0.2, 0.25) is 0 Å². The molecule has 0 aromatic heterocycles. The van der Waals surface area contributed by atoms with Crippen LogP contribution in [0.4, 0.5) is 5.69 Å². The van der Waals surface area contributed by atoms with E-state index in [1.165, 1.54) is 12.0 Å². The number of ether oxygens (including phenoxy) is 1. The minimum Gasteiger partial charge on any atom is -0.462 e. The van der Waals surface area contributed by atoms with E-state index in [0.717, 1.165) is 31.2 Å². The molecule has 0 unspecified atom stereocenters. The molecule has 0 amide bonds. The molecule has 0 saturated carbocycles. The van der Waals surface area contributed by atoms with E-state index in [4.69, 9.17) is 10.5 Å². The number of carbonyl (C=O) groups is 1. The number of nitrogens with two attached hydrogens (primary N) is 1. The molecule has 0 spiro atoms. The quantitative estimate of drug-likeness (QED) is 0.645. The van der Waals surface area contributed by atoms with Crippen molar-refractivity contribution in [3.63, 3.8) is 0 Å². The fourth-order valence-corrected chi connectivity index (χ4v) is 2.31. The maximum Gasteiger partial charge on any atom is 0.340 e. The van der Waals surface area contributed by atoms with Gasteiger partial charge in [-0.15, -0.1) is 0 Å². The van der Waals surface area contributed by atoms with Gasteiger partial charge in [0.05, 0.1) is 12.2 Å². The van der Waals surface area contributed by atoms with E-state index in [0.29, 0.717) is 17.9 Å². The van der Waals surface area contributed by atoms with E-state index in [9.17, 15) is 4.79 Å². The number of nitrogen functional groups attached to an aromatic ring is 1. The molecule has 17 heavy (non-hydrogen) atoms. The van der Waals surface area contributed by atoms with Crippen LogP contribution in [0.15, 0.2) is 12.1 Å². The molecule has 3 nitrogen and oxygen atoms in total. The molecular weight excluding hydrogens is 214 g/mol. The van der Waals surface area contributed by atoms with Crippen molar-refractivity contribution in [2.75, 3.05) is 12.3 Å². The van der Waals surface area contributed by atoms with Gasteiger partial charge < -0.3 is 10.5 Å². The number of hydrogen-bond donors (Lipinski definition) is 1. The second-order valence-corrected chi connectivity index (χ2v) is 4.51. The number of rotatable bonds is 3. The van der Waals surface area contributed by atoms with Crippen LogP contribution in [0, 0.1) is 0 Å². The minimum atomic E-state index is -0.294. The molecule has 0 bridgehead atoms. The Labute approximate surface area is 102 Å². The van der Waals surface area contributed by atoms with Crippen LogP contribution in [0.2, 0.25) is 0 Å². The third-order valence-electron chi connectivity index (χ3n) is 3.23. The van der Waals surface area contributed by atoms with Gasteiger partial charge in [0.1, 0.15) is 0 Å². The van der Waals surface area contributed by atoms with E-state index >= 15 is 0 Å². The molecule has 0 radical (unpaired) electrons. The molecule has 1 aromatic carbocycles. The average Bonchev–Trinajstić information content (AvgIpc) is 2.37. The number of aryl methyl sites for hydroxylation is 1. The van der Waals surface area contributed by atoms with E-state index in [1.54, 1.807) is 6.07 Å². The highest BCUT2D eigenvalue weighted by atomic mass is 16.5. The summed E-state index contributed by atoms with van der Waals surface area (Å²) in [6.07, 6.45) is 5.26. The first kappa shape index (κ1) is 12.0. The van der Waals surface area contributed by atoms with Crippen LogP contribution < -0.4 is 5.73 Å². The SMILES string of the molecule is CCCOC(=O)c1ccc2c(c1N)CCCC2. The summed E-state index contributed by atoms with van der Waals surface area (Å²) in [6, 6.07) is 3.82. The summed E-state index contributed by atoms with van der Waals surface area (Å²) in [5.74, 6) is -0.294. The van der Waals surface area contributed by atoms with Gasteiger partial charge in [-0.25, -0.2) is 4.79 Å². The fourth-order valence-electron chi connectivity index (χ4n) is 2.31. The van der Waals surface area contributed by atoms with Crippen LogP contribution >= 0.6 is 0 Å². The lowest BCUT2D eigenvalue weighted by Crippen LogP contribution is -2.13. The zero-order valence-electron chi connectivity index (χ0n) is 10.3. The van der Waals surface area contributed by atoms with Crippen molar-refractivity contribution in [3.05, 3.63) is 28.8 Å². The molecule has 92 valence electrons. The topological polar surface area (TPSA) is 52.3 Å². The molecule has 0 aliphatic heterocycles. The van der Waals surface area contributed by atoms with Gasteiger partial charge in [-0.3, -0.25) is 0 Å². The number of esters is 1. The van der Waals surface area contributed by atoms with E-state index in [-0.39, 0.29) is 5.97 Å². The second kappa shape index (κ2) is 5.21. The summed E-state index contributed by atoms with van der Waals surface area (Å²) in [5.41, 5.74) is 9.68. The number of fused-ring (bicyclic) bond motifs is 1. The summed E-state index contributed by atoms with van der Waals surface area (Å²) < 4.78 is 5.13. The number of anilines is 1. The molecular formula is C14H19NO2. The molecule has 1 aliphatic carbocycles. The Kier molecular flexibility index (Phi) is 3.67. The summed E-state index contributed by atoms with van der Waals surface area (Å²) >= 11 is 0. The summed E-state index contributed by atoms with van der Waals surface area (Å²) in [5, 5.41) is 0. The molecule has 0 atom stereocenters. The zero-order valence-corrected chi connectivity index (χ0v) is 10.3. The minimum absolute atomic E-state index is 0.294.